The van der Waals surface area contributed by atoms with Crippen molar-refractivity contribution in [3.05, 3.63) is 11.8 Å². The Kier molecular flexibility index (Phi) is 5.06. The Morgan fingerprint density at radius 1 is 1.17 bits per heavy atom. The molecule has 1 aliphatic heterocycles. The van der Waals surface area contributed by atoms with Gasteiger partial charge in [0.1, 0.15) is 0 Å². The van der Waals surface area contributed by atoms with Crippen LogP contribution in [0.3, 0.4) is 0 Å². The first-order valence-electron chi connectivity index (χ1n) is 8.89. The summed E-state index contributed by atoms with van der Waals surface area (Å²) in [6.07, 6.45) is 7.11. The summed E-state index contributed by atoms with van der Waals surface area (Å²) in [7, 11) is 0. The van der Waals surface area contributed by atoms with Crippen LogP contribution in [0.5, 0.6) is 0 Å². The van der Waals surface area contributed by atoms with Gasteiger partial charge in [0.15, 0.2) is 5.82 Å². The summed E-state index contributed by atoms with van der Waals surface area (Å²) in [5.41, 5.74) is 1.07. The average Bonchev–Trinajstić information content (AvgIpc) is 2.96. The van der Waals surface area contributed by atoms with Gasteiger partial charge in [0.2, 0.25) is 0 Å². The van der Waals surface area contributed by atoms with Gasteiger partial charge in [-0.15, -0.1) is 0 Å². The number of anilines is 1. The number of aryl methyl sites for hydroxylation is 1. The molecule has 2 heterocycles. The van der Waals surface area contributed by atoms with E-state index in [0.717, 1.165) is 18.5 Å². The molecule has 1 saturated carbocycles. The minimum absolute atomic E-state index is 0.188. The molecular weight excluding hydrogens is 308 g/mol. The van der Waals surface area contributed by atoms with Crippen LogP contribution in [0.4, 0.5) is 10.6 Å². The molecule has 1 aromatic rings. The van der Waals surface area contributed by atoms with Crippen LogP contribution in [0.25, 0.3) is 0 Å². The Hall–Kier alpha value is -2.05. The second-order valence-corrected chi connectivity index (χ2v) is 6.94. The van der Waals surface area contributed by atoms with E-state index in [2.05, 4.69) is 10.4 Å². The van der Waals surface area contributed by atoms with Gasteiger partial charge >= 0.3 is 12.0 Å². The molecule has 1 aliphatic carbocycles. The first-order valence-corrected chi connectivity index (χ1v) is 8.89. The zero-order valence-electron chi connectivity index (χ0n) is 14.2. The van der Waals surface area contributed by atoms with Crippen LogP contribution in [-0.4, -0.2) is 44.9 Å². The Morgan fingerprint density at radius 3 is 2.46 bits per heavy atom. The zero-order chi connectivity index (χ0) is 17.1. The number of nitrogens with one attached hydrogen (secondary N) is 1. The molecule has 0 spiro atoms. The number of carboxylic acid groups (broad SMARTS) is 1. The van der Waals surface area contributed by atoms with E-state index in [9.17, 15) is 9.59 Å². The van der Waals surface area contributed by atoms with E-state index < -0.39 is 5.97 Å². The summed E-state index contributed by atoms with van der Waals surface area (Å²) in [5.74, 6) is -0.512. The van der Waals surface area contributed by atoms with Crippen LogP contribution in [0.2, 0.25) is 0 Å². The molecule has 0 atom stereocenters. The number of aliphatic carboxylic acids is 1. The van der Waals surface area contributed by atoms with Gasteiger partial charge in [0.05, 0.1) is 12.0 Å². The molecule has 7 nitrogen and oxygen atoms in total. The smallest absolute Gasteiger partial charge is 0.323 e. The minimum atomic E-state index is -0.767. The molecule has 2 aliphatic rings. The van der Waals surface area contributed by atoms with Gasteiger partial charge in [-0.1, -0.05) is 19.3 Å². The summed E-state index contributed by atoms with van der Waals surface area (Å²) in [4.78, 5) is 25.0. The van der Waals surface area contributed by atoms with Crippen molar-refractivity contribution in [2.45, 2.75) is 57.9 Å². The summed E-state index contributed by atoms with van der Waals surface area (Å²) in [6, 6.07) is 2.17. The van der Waals surface area contributed by atoms with Gasteiger partial charge in [0, 0.05) is 24.8 Å². The van der Waals surface area contributed by atoms with Gasteiger partial charge in [-0.2, -0.15) is 5.10 Å². The monoisotopic (exact) mass is 334 g/mol. The highest BCUT2D eigenvalue weighted by Crippen LogP contribution is 2.29. The molecule has 0 radical (unpaired) electrons. The van der Waals surface area contributed by atoms with E-state index in [1.165, 1.54) is 19.3 Å². The topological polar surface area (TPSA) is 87.5 Å². The van der Waals surface area contributed by atoms with E-state index >= 15 is 0 Å². The van der Waals surface area contributed by atoms with Crippen LogP contribution < -0.4 is 5.32 Å². The van der Waals surface area contributed by atoms with Crippen molar-refractivity contribution >= 4 is 17.8 Å². The maximum Gasteiger partial charge on any atom is 0.323 e. The molecule has 0 bridgehead atoms. The number of carboxylic acids is 1. The molecule has 0 unspecified atom stereocenters. The number of carbonyl (C=O) groups excluding carboxylic acids is 1. The quantitative estimate of drug-likeness (QED) is 0.889. The lowest BCUT2D eigenvalue weighted by atomic mass is 9.95. The fourth-order valence-corrected chi connectivity index (χ4v) is 3.76. The molecule has 2 N–H and O–H groups in total. The fraction of sp³-hybridized carbons (Fsp3) is 0.706. The predicted octanol–water partition coefficient (Wildman–Crippen LogP) is 3.03. The highest BCUT2D eigenvalue weighted by Gasteiger charge is 2.27. The number of nitrogens with zero attached hydrogens (tertiary/aromatic N) is 3. The van der Waals surface area contributed by atoms with Crippen molar-refractivity contribution in [2.75, 3.05) is 18.4 Å². The number of likely N-dealkylation sites (tertiary alicyclic amines) is 1. The average molecular weight is 334 g/mol. The van der Waals surface area contributed by atoms with Crippen molar-refractivity contribution < 1.29 is 14.7 Å². The van der Waals surface area contributed by atoms with Crippen molar-refractivity contribution in [3.8, 4) is 0 Å². The predicted molar refractivity (Wildman–Crippen MR) is 90.0 cm³/mol. The Morgan fingerprint density at radius 2 is 1.83 bits per heavy atom. The summed E-state index contributed by atoms with van der Waals surface area (Å²) in [6.45, 7) is 2.98. The van der Waals surface area contributed by atoms with Gasteiger partial charge in [0.25, 0.3) is 0 Å². The Labute approximate surface area is 142 Å². The highest BCUT2D eigenvalue weighted by molar-refractivity contribution is 5.88. The van der Waals surface area contributed by atoms with E-state index in [1.807, 2.05) is 17.7 Å². The molecule has 7 heteroatoms. The van der Waals surface area contributed by atoms with Gasteiger partial charge in [-0.05, 0) is 32.6 Å². The summed E-state index contributed by atoms with van der Waals surface area (Å²) < 4.78 is 2.05. The van der Waals surface area contributed by atoms with Crippen molar-refractivity contribution in [1.82, 2.24) is 14.7 Å². The van der Waals surface area contributed by atoms with Crippen molar-refractivity contribution in [3.63, 3.8) is 0 Å². The van der Waals surface area contributed by atoms with Crippen LogP contribution in [0.1, 0.15) is 56.7 Å². The maximum absolute atomic E-state index is 12.4. The fourth-order valence-electron chi connectivity index (χ4n) is 3.76. The standard InChI is InChI=1S/C17H26N4O3/c1-12-11-15(19-21(12)14-5-3-2-4-6-14)18-17(24)20-9-7-13(8-10-20)16(22)23/h11,13-14H,2-10H2,1H3,(H,22,23)(H,18,19,24). The van der Waals surface area contributed by atoms with Crippen molar-refractivity contribution in [1.29, 1.82) is 0 Å². The lowest BCUT2D eigenvalue weighted by Crippen LogP contribution is -2.42. The number of amides is 2. The van der Waals surface area contributed by atoms with E-state index in [-0.39, 0.29) is 11.9 Å². The Balaban J connectivity index is 1.58. The minimum Gasteiger partial charge on any atom is -0.481 e. The third kappa shape index (κ3) is 3.71. The number of urea groups is 1. The largest absolute Gasteiger partial charge is 0.481 e. The number of hydrogen-bond acceptors (Lipinski definition) is 3. The van der Waals surface area contributed by atoms with Gasteiger partial charge in [-0.25, -0.2) is 4.79 Å². The number of piperidine rings is 1. The summed E-state index contributed by atoms with van der Waals surface area (Å²) in [5, 5.41) is 16.5. The zero-order valence-corrected chi connectivity index (χ0v) is 14.2. The van der Waals surface area contributed by atoms with Crippen LogP contribution >= 0.6 is 0 Å². The number of rotatable bonds is 3. The first kappa shape index (κ1) is 16.8. The molecule has 2 fully saturated rings. The molecule has 24 heavy (non-hydrogen) atoms. The normalized spacial score (nSPS) is 20.1. The number of aromatic nitrogens is 2. The molecule has 1 saturated heterocycles. The SMILES string of the molecule is Cc1cc(NC(=O)N2CCC(C(=O)O)CC2)nn1C1CCCCC1. The van der Waals surface area contributed by atoms with Crippen molar-refractivity contribution in [2.24, 2.45) is 5.92 Å². The second-order valence-electron chi connectivity index (χ2n) is 6.94. The van der Waals surface area contributed by atoms with Gasteiger partial charge in [-0.3, -0.25) is 14.8 Å². The highest BCUT2D eigenvalue weighted by atomic mass is 16.4. The van der Waals surface area contributed by atoms with Crippen LogP contribution in [0, 0.1) is 12.8 Å². The van der Waals surface area contributed by atoms with Crippen LogP contribution in [-0.2, 0) is 4.79 Å². The molecule has 2 amide bonds. The molecular formula is C17H26N4O3. The molecule has 132 valence electrons. The molecule has 3 rings (SSSR count). The number of carbonyl (C=O) groups is 2. The maximum atomic E-state index is 12.4. The Bertz CT molecular complexity index is 599. The van der Waals surface area contributed by atoms with E-state index in [0.29, 0.717) is 37.8 Å². The van der Waals surface area contributed by atoms with E-state index in [4.69, 9.17) is 5.11 Å². The lowest BCUT2D eigenvalue weighted by Gasteiger charge is -2.29. The summed E-state index contributed by atoms with van der Waals surface area (Å²) >= 11 is 0. The third-order valence-electron chi connectivity index (χ3n) is 5.21. The van der Waals surface area contributed by atoms with E-state index in [1.54, 1.807) is 4.90 Å². The van der Waals surface area contributed by atoms with Crippen LogP contribution in [0.15, 0.2) is 6.07 Å². The molecule has 1 aromatic heterocycles. The lowest BCUT2D eigenvalue weighted by molar-refractivity contribution is -0.143. The number of hydrogen-bond donors (Lipinski definition) is 2. The molecule has 0 aromatic carbocycles. The second kappa shape index (κ2) is 7.23. The van der Waals surface area contributed by atoms with Gasteiger partial charge < -0.3 is 10.0 Å². The third-order valence-corrected chi connectivity index (χ3v) is 5.21. The first-order chi connectivity index (χ1) is 11.5.